The van der Waals surface area contributed by atoms with E-state index in [0.29, 0.717) is 0 Å². The number of thiophene rings is 2. The molecular formula is C54H34N2S2. The Balaban J connectivity index is 1.21. The van der Waals surface area contributed by atoms with Crippen LogP contribution in [0.5, 0.6) is 0 Å². The molecule has 0 radical (unpaired) electrons. The number of fused-ring (bicyclic) bond motifs is 9. The zero-order chi connectivity index (χ0) is 38.2. The number of rotatable bonds is 6. The second kappa shape index (κ2) is 13.3. The van der Waals surface area contributed by atoms with Gasteiger partial charge in [0.1, 0.15) is 0 Å². The van der Waals surface area contributed by atoms with E-state index in [1.807, 2.05) is 22.7 Å². The van der Waals surface area contributed by atoms with Crippen molar-refractivity contribution < 1.29 is 0 Å². The summed E-state index contributed by atoms with van der Waals surface area (Å²) >= 11 is 3.79. The Morgan fingerprint density at radius 2 is 0.828 bits per heavy atom. The molecule has 0 saturated carbocycles. The molecule has 3 heterocycles. The largest absolute Gasteiger partial charge is 0.310 e. The van der Waals surface area contributed by atoms with E-state index in [2.05, 4.69) is 216 Å². The predicted octanol–water partition coefficient (Wildman–Crippen LogP) is 16.3. The van der Waals surface area contributed by atoms with Crippen LogP contribution < -0.4 is 4.90 Å². The molecule has 0 spiro atoms. The molecule has 3 aromatic heterocycles. The lowest BCUT2D eigenvalue weighted by Gasteiger charge is -2.26. The van der Waals surface area contributed by atoms with Crippen LogP contribution >= 0.6 is 22.7 Å². The fourth-order valence-electron chi connectivity index (χ4n) is 9.16. The van der Waals surface area contributed by atoms with E-state index in [-0.39, 0.29) is 0 Å². The van der Waals surface area contributed by atoms with Gasteiger partial charge in [-0.25, -0.2) is 0 Å². The summed E-state index contributed by atoms with van der Waals surface area (Å²) in [6.45, 7) is 0. The van der Waals surface area contributed by atoms with Crippen LogP contribution in [0, 0.1) is 0 Å². The summed E-state index contributed by atoms with van der Waals surface area (Å²) in [6.07, 6.45) is 0. The molecule has 0 aliphatic rings. The third kappa shape index (κ3) is 5.02. The number of hydrogen-bond donors (Lipinski definition) is 0. The van der Waals surface area contributed by atoms with E-state index in [1.54, 1.807) is 0 Å². The zero-order valence-corrected chi connectivity index (χ0v) is 33.0. The number of hydrogen-bond acceptors (Lipinski definition) is 3. The standard InChI is InChI=1S/C54H34N2S2/c1-3-17-35(18-4-1)55(36-19-5-2-6-20-36)47-31-16-32-48-52(47)43-23-7-10-29-45(43)56(48)46-30-15-24-39(42-27-13-25-40-37-21-8-11-33-49(37)57-53(40)42)51(46)44-28-14-26-41-38-22-9-12-34-50(38)58-54(41)44/h1-34H. The zero-order valence-electron chi connectivity index (χ0n) is 31.3. The maximum atomic E-state index is 2.53. The topological polar surface area (TPSA) is 8.17 Å². The molecule has 12 aromatic rings. The van der Waals surface area contributed by atoms with Crippen molar-refractivity contribution in [1.82, 2.24) is 4.57 Å². The van der Waals surface area contributed by atoms with Gasteiger partial charge in [0.15, 0.2) is 0 Å². The summed E-state index contributed by atoms with van der Waals surface area (Å²) in [5.41, 5.74) is 11.9. The van der Waals surface area contributed by atoms with Gasteiger partial charge in [-0.15, -0.1) is 22.7 Å². The number of benzene rings is 9. The summed E-state index contributed by atoms with van der Waals surface area (Å²) in [4.78, 5) is 2.40. The molecule has 0 N–H and O–H groups in total. The molecule has 0 aliphatic heterocycles. The maximum absolute atomic E-state index is 2.53. The number of anilines is 3. The Bertz CT molecular complexity index is 3480. The van der Waals surface area contributed by atoms with Gasteiger partial charge in [-0.3, -0.25) is 0 Å². The minimum atomic E-state index is 1.12. The fourth-order valence-corrected chi connectivity index (χ4v) is 11.6. The summed E-state index contributed by atoms with van der Waals surface area (Å²) in [6, 6.07) is 75.5. The lowest BCUT2D eigenvalue weighted by Crippen LogP contribution is -2.10. The Hall–Kier alpha value is -6.98. The fraction of sp³-hybridized carbons (Fsp3) is 0. The first-order valence-corrected chi connectivity index (χ1v) is 21.3. The van der Waals surface area contributed by atoms with Crippen LogP contribution in [-0.2, 0) is 0 Å². The van der Waals surface area contributed by atoms with Gasteiger partial charge >= 0.3 is 0 Å². The first-order chi connectivity index (χ1) is 28.8. The minimum Gasteiger partial charge on any atom is -0.310 e. The van der Waals surface area contributed by atoms with Crippen molar-refractivity contribution in [2.24, 2.45) is 0 Å². The smallest absolute Gasteiger partial charge is 0.0562 e. The van der Waals surface area contributed by atoms with Crippen molar-refractivity contribution >= 4 is 102 Å². The molecule has 0 amide bonds. The molecule has 0 bridgehead atoms. The van der Waals surface area contributed by atoms with Gasteiger partial charge in [0.05, 0.1) is 22.4 Å². The molecule has 272 valence electrons. The van der Waals surface area contributed by atoms with Crippen LogP contribution in [0.4, 0.5) is 17.1 Å². The van der Waals surface area contributed by atoms with Crippen LogP contribution in [0.25, 0.3) is 90.1 Å². The molecule has 0 atom stereocenters. The van der Waals surface area contributed by atoms with E-state index < -0.39 is 0 Å². The van der Waals surface area contributed by atoms with Gasteiger partial charge in [-0.1, -0.05) is 146 Å². The molecule has 4 heteroatoms. The molecule has 9 aromatic carbocycles. The van der Waals surface area contributed by atoms with E-state index in [0.717, 1.165) is 28.3 Å². The monoisotopic (exact) mass is 774 g/mol. The molecule has 2 nitrogen and oxygen atoms in total. The first-order valence-electron chi connectivity index (χ1n) is 19.7. The van der Waals surface area contributed by atoms with Gasteiger partial charge in [0, 0.05) is 79.2 Å². The van der Waals surface area contributed by atoms with E-state index >= 15 is 0 Å². The van der Waals surface area contributed by atoms with Gasteiger partial charge in [0.25, 0.3) is 0 Å². The van der Waals surface area contributed by atoms with Crippen LogP contribution in [0.15, 0.2) is 206 Å². The summed E-state index contributed by atoms with van der Waals surface area (Å²) in [7, 11) is 0. The molecular weight excluding hydrogens is 741 g/mol. The lowest BCUT2D eigenvalue weighted by atomic mass is 9.91. The Labute approximate surface area is 343 Å². The highest BCUT2D eigenvalue weighted by Gasteiger charge is 2.25. The van der Waals surface area contributed by atoms with Crippen molar-refractivity contribution in [3.05, 3.63) is 206 Å². The highest BCUT2D eigenvalue weighted by molar-refractivity contribution is 7.26. The van der Waals surface area contributed by atoms with Crippen LogP contribution in [0.2, 0.25) is 0 Å². The maximum Gasteiger partial charge on any atom is 0.0562 e. The normalized spacial score (nSPS) is 11.8. The summed E-state index contributed by atoms with van der Waals surface area (Å²) < 4.78 is 7.76. The second-order valence-corrected chi connectivity index (χ2v) is 16.9. The molecule has 0 saturated heterocycles. The minimum absolute atomic E-state index is 1.12. The third-order valence-corrected chi connectivity index (χ3v) is 14.0. The first kappa shape index (κ1) is 33.2. The SMILES string of the molecule is c1ccc(N(c2ccccc2)c2cccc3c2c2ccccc2n3-c2cccc(-c3cccc4c3sc3ccccc34)c2-c2cccc3c2sc2ccccc23)cc1. The highest BCUT2D eigenvalue weighted by Crippen LogP contribution is 2.50. The van der Waals surface area contributed by atoms with Crippen molar-refractivity contribution in [2.75, 3.05) is 4.90 Å². The molecule has 12 rings (SSSR count). The molecule has 0 fully saturated rings. The van der Waals surface area contributed by atoms with Crippen molar-refractivity contribution in [2.45, 2.75) is 0 Å². The van der Waals surface area contributed by atoms with Crippen molar-refractivity contribution in [1.29, 1.82) is 0 Å². The van der Waals surface area contributed by atoms with E-state index in [4.69, 9.17) is 0 Å². The van der Waals surface area contributed by atoms with Gasteiger partial charge in [0.2, 0.25) is 0 Å². The third-order valence-electron chi connectivity index (χ3n) is 11.6. The van der Waals surface area contributed by atoms with E-state index in [9.17, 15) is 0 Å². The second-order valence-electron chi connectivity index (χ2n) is 14.8. The average molecular weight is 775 g/mol. The molecule has 0 aliphatic carbocycles. The number of nitrogens with zero attached hydrogens (tertiary/aromatic N) is 2. The summed E-state index contributed by atoms with van der Waals surface area (Å²) in [5, 5.41) is 7.65. The van der Waals surface area contributed by atoms with Gasteiger partial charge in [-0.05, 0) is 66.2 Å². The number of para-hydroxylation sites is 3. The molecule has 58 heavy (non-hydrogen) atoms. The Kier molecular flexibility index (Phi) is 7.62. The van der Waals surface area contributed by atoms with Crippen LogP contribution in [0.3, 0.4) is 0 Å². The number of aromatic nitrogens is 1. The Morgan fingerprint density at radius 1 is 0.345 bits per heavy atom. The average Bonchev–Trinajstić information content (AvgIpc) is 3.97. The van der Waals surface area contributed by atoms with Crippen LogP contribution in [-0.4, -0.2) is 4.57 Å². The van der Waals surface area contributed by atoms with Crippen molar-refractivity contribution in [3.8, 4) is 27.9 Å². The molecule has 0 unspecified atom stereocenters. The van der Waals surface area contributed by atoms with E-state index in [1.165, 1.54) is 78.9 Å². The van der Waals surface area contributed by atoms with Crippen molar-refractivity contribution in [3.63, 3.8) is 0 Å². The Morgan fingerprint density at radius 3 is 1.50 bits per heavy atom. The van der Waals surface area contributed by atoms with Gasteiger partial charge < -0.3 is 9.47 Å². The van der Waals surface area contributed by atoms with Gasteiger partial charge in [-0.2, -0.15) is 0 Å². The predicted molar refractivity (Wildman–Crippen MR) is 252 cm³/mol. The lowest BCUT2D eigenvalue weighted by molar-refractivity contribution is 1.18. The summed E-state index contributed by atoms with van der Waals surface area (Å²) in [5.74, 6) is 0. The highest BCUT2D eigenvalue weighted by atomic mass is 32.1. The quantitative estimate of drug-likeness (QED) is 0.163. The van der Waals surface area contributed by atoms with Crippen LogP contribution in [0.1, 0.15) is 0 Å².